The van der Waals surface area contributed by atoms with Crippen molar-refractivity contribution in [2.24, 2.45) is 5.41 Å². The van der Waals surface area contributed by atoms with E-state index >= 15 is 0 Å². The molecule has 0 aliphatic heterocycles. The first-order valence-corrected chi connectivity index (χ1v) is 7.73. The molecule has 0 spiro atoms. The molecule has 0 saturated carbocycles. The molecule has 1 aromatic rings. The van der Waals surface area contributed by atoms with Gasteiger partial charge in [-0.25, -0.2) is 0 Å². The fourth-order valence-electron chi connectivity index (χ4n) is 2.16. The van der Waals surface area contributed by atoms with Crippen molar-refractivity contribution in [3.8, 4) is 5.75 Å². The van der Waals surface area contributed by atoms with Crippen LogP contribution < -0.4 is 10.1 Å². The smallest absolute Gasteiger partial charge is 0.122 e. The van der Waals surface area contributed by atoms with Crippen LogP contribution in [0, 0.1) is 19.3 Å². The minimum Gasteiger partial charge on any atom is -0.493 e. The summed E-state index contributed by atoms with van der Waals surface area (Å²) in [5.41, 5.74) is 2.80. The zero-order valence-corrected chi connectivity index (χ0v) is 14.0. The summed E-state index contributed by atoms with van der Waals surface area (Å²) in [6.07, 6.45) is 2.28. The number of rotatable bonds is 8. The van der Waals surface area contributed by atoms with Gasteiger partial charge in [0, 0.05) is 12.6 Å². The number of benzene rings is 1. The Labute approximate surface area is 124 Å². The maximum atomic E-state index is 5.92. The molecule has 0 saturated heterocycles. The molecule has 114 valence electrons. The third kappa shape index (κ3) is 6.42. The molecule has 0 aromatic heterocycles. The van der Waals surface area contributed by atoms with E-state index < -0.39 is 0 Å². The average Bonchev–Trinajstić information content (AvgIpc) is 2.36. The van der Waals surface area contributed by atoms with Gasteiger partial charge in [-0.3, -0.25) is 0 Å². The van der Waals surface area contributed by atoms with Crippen molar-refractivity contribution in [1.82, 2.24) is 5.32 Å². The molecular weight excluding hydrogens is 246 g/mol. The van der Waals surface area contributed by atoms with E-state index in [0.29, 0.717) is 11.5 Å². The van der Waals surface area contributed by atoms with E-state index in [1.165, 1.54) is 17.5 Å². The minimum absolute atomic E-state index is 0.329. The zero-order valence-electron chi connectivity index (χ0n) is 14.0. The largest absolute Gasteiger partial charge is 0.493 e. The van der Waals surface area contributed by atoms with Crippen LogP contribution in [-0.4, -0.2) is 19.2 Å². The van der Waals surface area contributed by atoms with Gasteiger partial charge in [0.2, 0.25) is 0 Å². The average molecular weight is 277 g/mol. The van der Waals surface area contributed by atoms with Crippen LogP contribution in [0.5, 0.6) is 5.75 Å². The van der Waals surface area contributed by atoms with Gasteiger partial charge in [-0.2, -0.15) is 0 Å². The number of nitrogens with one attached hydrogen (secondary N) is 1. The van der Waals surface area contributed by atoms with Gasteiger partial charge in [-0.1, -0.05) is 39.8 Å². The van der Waals surface area contributed by atoms with Crippen molar-refractivity contribution < 1.29 is 4.74 Å². The minimum atomic E-state index is 0.329. The van der Waals surface area contributed by atoms with Crippen LogP contribution in [0.2, 0.25) is 0 Å². The van der Waals surface area contributed by atoms with Crippen LogP contribution in [-0.2, 0) is 0 Å². The Balaban J connectivity index is 2.32. The monoisotopic (exact) mass is 277 g/mol. The van der Waals surface area contributed by atoms with Gasteiger partial charge >= 0.3 is 0 Å². The topological polar surface area (TPSA) is 21.3 Å². The summed E-state index contributed by atoms with van der Waals surface area (Å²) in [6, 6.07) is 6.94. The molecule has 0 aliphatic carbocycles. The van der Waals surface area contributed by atoms with Crippen LogP contribution in [0.15, 0.2) is 18.2 Å². The SMILES string of the molecule is Cc1ccc(C)c(OCCCC(C)(C)CNC(C)C)c1. The van der Waals surface area contributed by atoms with Crippen LogP contribution >= 0.6 is 0 Å². The Bertz CT molecular complexity index is 410. The standard InChI is InChI=1S/C18H31NO/c1-14(2)19-13-18(5,6)10-7-11-20-17-12-15(3)8-9-16(17)4/h8-9,12,14,19H,7,10-11,13H2,1-6H3. The molecule has 0 bridgehead atoms. The molecular formula is C18H31NO. The number of ether oxygens (including phenoxy) is 1. The molecule has 0 heterocycles. The molecule has 0 amide bonds. The van der Waals surface area contributed by atoms with Gasteiger partial charge in [0.1, 0.15) is 5.75 Å². The molecule has 0 aliphatic rings. The van der Waals surface area contributed by atoms with Gasteiger partial charge in [0.25, 0.3) is 0 Å². The van der Waals surface area contributed by atoms with Gasteiger partial charge in [-0.15, -0.1) is 0 Å². The van der Waals surface area contributed by atoms with E-state index in [0.717, 1.165) is 25.3 Å². The predicted octanol–water partition coefficient (Wildman–Crippen LogP) is 4.49. The molecule has 20 heavy (non-hydrogen) atoms. The van der Waals surface area contributed by atoms with E-state index in [4.69, 9.17) is 4.74 Å². The number of aryl methyl sites for hydroxylation is 2. The molecule has 2 nitrogen and oxygen atoms in total. The fraction of sp³-hybridized carbons (Fsp3) is 0.667. The first kappa shape index (κ1) is 17.0. The lowest BCUT2D eigenvalue weighted by atomic mass is 9.87. The van der Waals surface area contributed by atoms with Gasteiger partial charge in [-0.05, 0) is 49.3 Å². The third-order valence-corrected chi connectivity index (χ3v) is 3.59. The van der Waals surface area contributed by atoms with Crippen LogP contribution in [0.4, 0.5) is 0 Å². The molecule has 1 rings (SSSR count). The molecule has 0 atom stereocenters. The Kier molecular flexibility index (Phi) is 6.54. The number of hydrogen-bond acceptors (Lipinski definition) is 2. The third-order valence-electron chi connectivity index (χ3n) is 3.59. The van der Waals surface area contributed by atoms with E-state index in [2.05, 4.69) is 65.1 Å². The fourth-order valence-corrected chi connectivity index (χ4v) is 2.16. The summed E-state index contributed by atoms with van der Waals surface area (Å²) in [5, 5.41) is 3.52. The Hall–Kier alpha value is -1.02. The van der Waals surface area contributed by atoms with Crippen molar-refractivity contribution in [3.05, 3.63) is 29.3 Å². The Morgan fingerprint density at radius 1 is 1.20 bits per heavy atom. The van der Waals surface area contributed by atoms with Crippen molar-refractivity contribution in [3.63, 3.8) is 0 Å². The first-order chi connectivity index (χ1) is 9.30. The summed E-state index contributed by atoms with van der Waals surface area (Å²) >= 11 is 0. The quantitative estimate of drug-likeness (QED) is 0.707. The van der Waals surface area contributed by atoms with E-state index in [9.17, 15) is 0 Å². The van der Waals surface area contributed by atoms with Crippen molar-refractivity contribution in [2.75, 3.05) is 13.2 Å². The van der Waals surface area contributed by atoms with Crippen molar-refractivity contribution >= 4 is 0 Å². The predicted molar refractivity (Wildman–Crippen MR) is 87.6 cm³/mol. The van der Waals surface area contributed by atoms with Crippen molar-refractivity contribution in [2.45, 2.75) is 60.4 Å². The highest BCUT2D eigenvalue weighted by atomic mass is 16.5. The van der Waals surface area contributed by atoms with Crippen molar-refractivity contribution in [1.29, 1.82) is 0 Å². The molecule has 1 aromatic carbocycles. The summed E-state index contributed by atoms with van der Waals surface area (Å²) in [7, 11) is 0. The second-order valence-electron chi connectivity index (χ2n) is 6.92. The molecule has 1 N–H and O–H groups in total. The van der Waals surface area contributed by atoms with Gasteiger partial charge in [0.05, 0.1) is 6.61 Å². The van der Waals surface area contributed by atoms with Crippen LogP contribution in [0.25, 0.3) is 0 Å². The summed E-state index contributed by atoms with van der Waals surface area (Å²) < 4.78 is 5.92. The highest BCUT2D eigenvalue weighted by Gasteiger charge is 2.17. The molecule has 0 unspecified atom stereocenters. The van der Waals surface area contributed by atoms with E-state index in [1.807, 2.05) is 0 Å². The lowest BCUT2D eigenvalue weighted by Crippen LogP contribution is -2.34. The summed E-state index contributed by atoms with van der Waals surface area (Å²) in [6.45, 7) is 15.1. The lowest BCUT2D eigenvalue weighted by molar-refractivity contribution is 0.246. The lowest BCUT2D eigenvalue weighted by Gasteiger charge is -2.26. The molecule has 2 heteroatoms. The molecule has 0 fully saturated rings. The highest BCUT2D eigenvalue weighted by molar-refractivity contribution is 5.35. The van der Waals surface area contributed by atoms with E-state index in [1.54, 1.807) is 0 Å². The van der Waals surface area contributed by atoms with Crippen LogP contribution in [0.1, 0.15) is 51.7 Å². The second kappa shape index (κ2) is 7.68. The summed E-state index contributed by atoms with van der Waals surface area (Å²) in [5.74, 6) is 1.03. The Morgan fingerprint density at radius 2 is 1.90 bits per heavy atom. The number of hydrogen-bond donors (Lipinski definition) is 1. The van der Waals surface area contributed by atoms with Gasteiger partial charge in [0.15, 0.2) is 0 Å². The maximum Gasteiger partial charge on any atom is 0.122 e. The van der Waals surface area contributed by atoms with Crippen LogP contribution in [0.3, 0.4) is 0 Å². The first-order valence-electron chi connectivity index (χ1n) is 7.73. The second-order valence-corrected chi connectivity index (χ2v) is 6.92. The summed E-state index contributed by atoms with van der Waals surface area (Å²) in [4.78, 5) is 0. The van der Waals surface area contributed by atoms with Gasteiger partial charge < -0.3 is 10.1 Å². The normalized spacial score (nSPS) is 11.9. The van der Waals surface area contributed by atoms with E-state index in [-0.39, 0.29) is 0 Å². The zero-order chi connectivity index (χ0) is 15.2. The Morgan fingerprint density at radius 3 is 2.55 bits per heavy atom. The highest BCUT2D eigenvalue weighted by Crippen LogP contribution is 2.23. The molecule has 0 radical (unpaired) electrons. The maximum absolute atomic E-state index is 5.92.